The SMILES string of the molecule is Fc1cc(Br)ccc1C(Cl)c1ccc(Cl)cc1Cl. The maximum absolute atomic E-state index is 13.8. The molecule has 2 aromatic carbocycles. The molecule has 0 nitrogen and oxygen atoms in total. The van der Waals surface area contributed by atoms with Gasteiger partial charge in [0.15, 0.2) is 0 Å². The van der Waals surface area contributed by atoms with E-state index in [0.717, 1.165) is 0 Å². The Kier molecular flexibility index (Phi) is 4.54. The Bertz CT molecular complexity index is 535. The Morgan fingerprint density at radius 2 is 1.67 bits per heavy atom. The molecule has 2 rings (SSSR count). The van der Waals surface area contributed by atoms with Crippen molar-refractivity contribution in [2.45, 2.75) is 5.38 Å². The second-order valence-corrected chi connectivity index (χ2v) is 5.89. The van der Waals surface area contributed by atoms with Gasteiger partial charge in [-0.3, -0.25) is 0 Å². The van der Waals surface area contributed by atoms with Crippen LogP contribution in [0.2, 0.25) is 10.0 Å². The fourth-order valence-electron chi connectivity index (χ4n) is 1.58. The summed E-state index contributed by atoms with van der Waals surface area (Å²) in [5, 5.41) is 0.289. The van der Waals surface area contributed by atoms with Gasteiger partial charge in [0, 0.05) is 20.1 Å². The lowest BCUT2D eigenvalue weighted by atomic mass is 10.0. The van der Waals surface area contributed by atoms with Crippen LogP contribution in [0.1, 0.15) is 16.5 Å². The number of rotatable bonds is 2. The first-order chi connectivity index (χ1) is 8.49. The van der Waals surface area contributed by atoms with Gasteiger partial charge in [-0.1, -0.05) is 51.3 Å². The lowest BCUT2D eigenvalue weighted by molar-refractivity contribution is 0.611. The van der Waals surface area contributed by atoms with Crippen LogP contribution in [0.5, 0.6) is 0 Å². The first-order valence-electron chi connectivity index (χ1n) is 5.03. The number of alkyl halides is 1. The summed E-state index contributed by atoms with van der Waals surface area (Å²) in [6.07, 6.45) is 0. The van der Waals surface area contributed by atoms with Crippen LogP contribution in [0.25, 0.3) is 0 Å². The van der Waals surface area contributed by atoms with Crippen LogP contribution < -0.4 is 0 Å². The Hall–Kier alpha value is -0.280. The molecule has 0 saturated heterocycles. The molecule has 18 heavy (non-hydrogen) atoms. The van der Waals surface area contributed by atoms with Crippen molar-refractivity contribution < 1.29 is 4.39 Å². The van der Waals surface area contributed by atoms with Crippen molar-refractivity contribution in [3.63, 3.8) is 0 Å². The second kappa shape index (κ2) is 5.79. The van der Waals surface area contributed by atoms with Crippen LogP contribution in [0.4, 0.5) is 4.39 Å². The largest absolute Gasteiger partial charge is 0.207 e. The van der Waals surface area contributed by atoms with E-state index in [1.54, 1.807) is 30.3 Å². The molecule has 2 aromatic rings. The monoisotopic (exact) mass is 366 g/mol. The molecule has 1 unspecified atom stereocenters. The number of benzene rings is 2. The third-order valence-corrected chi connectivity index (χ3v) is 4.00. The molecule has 0 aliphatic carbocycles. The molecule has 5 heteroatoms. The van der Waals surface area contributed by atoms with E-state index in [-0.39, 0.29) is 5.82 Å². The molecule has 0 saturated carbocycles. The highest BCUT2D eigenvalue weighted by Crippen LogP contribution is 2.36. The van der Waals surface area contributed by atoms with Crippen molar-refractivity contribution in [3.8, 4) is 0 Å². The quantitative estimate of drug-likeness (QED) is 0.552. The maximum atomic E-state index is 13.8. The molecule has 0 amide bonds. The molecule has 0 fully saturated rings. The predicted molar refractivity (Wildman–Crippen MR) is 78.3 cm³/mol. The number of hydrogen-bond donors (Lipinski definition) is 0. The van der Waals surface area contributed by atoms with E-state index in [2.05, 4.69) is 15.9 Å². The van der Waals surface area contributed by atoms with Gasteiger partial charge >= 0.3 is 0 Å². The smallest absolute Gasteiger partial charge is 0.129 e. The van der Waals surface area contributed by atoms with Gasteiger partial charge in [-0.05, 0) is 29.8 Å². The zero-order valence-electron chi connectivity index (χ0n) is 8.93. The zero-order valence-corrected chi connectivity index (χ0v) is 12.8. The topological polar surface area (TPSA) is 0 Å². The maximum Gasteiger partial charge on any atom is 0.129 e. The van der Waals surface area contributed by atoms with Crippen LogP contribution in [0, 0.1) is 5.82 Å². The Labute approximate surface area is 128 Å². The highest BCUT2D eigenvalue weighted by atomic mass is 79.9. The highest BCUT2D eigenvalue weighted by Gasteiger charge is 2.18. The van der Waals surface area contributed by atoms with E-state index in [0.29, 0.717) is 25.6 Å². The summed E-state index contributed by atoms with van der Waals surface area (Å²) in [7, 11) is 0. The molecule has 94 valence electrons. The van der Waals surface area contributed by atoms with Crippen molar-refractivity contribution in [3.05, 3.63) is 67.9 Å². The normalized spacial score (nSPS) is 12.5. The van der Waals surface area contributed by atoms with Crippen LogP contribution in [0.3, 0.4) is 0 Å². The Balaban J connectivity index is 2.44. The Morgan fingerprint density at radius 1 is 1.00 bits per heavy atom. The second-order valence-electron chi connectivity index (χ2n) is 3.69. The van der Waals surface area contributed by atoms with Gasteiger partial charge in [0.2, 0.25) is 0 Å². The first-order valence-corrected chi connectivity index (χ1v) is 7.01. The first kappa shape index (κ1) is 14.1. The van der Waals surface area contributed by atoms with Gasteiger partial charge in [0.25, 0.3) is 0 Å². The summed E-state index contributed by atoms with van der Waals surface area (Å²) >= 11 is 21.3. The van der Waals surface area contributed by atoms with E-state index in [9.17, 15) is 4.39 Å². The van der Waals surface area contributed by atoms with Crippen molar-refractivity contribution in [2.24, 2.45) is 0 Å². The van der Waals surface area contributed by atoms with Gasteiger partial charge in [-0.25, -0.2) is 4.39 Å². The molecule has 0 spiro atoms. The standard InChI is InChI=1S/C13H7BrCl3F/c14-7-1-3-10(12(18)5-7)13(17)9-4-2-8(15)6-11(9)16/h1-6,13H. The molecule has 0 N–H and O–H groups in total. The van der Waals surface area contributed by atoms with Crippen molar-refractivity contribution in [2.75, 3.05) is 0 Å². The fourth-order valence-corrected chi connectivity index (χ4v) is 2.86. The summed E-state index contributed by atoms with van der Waals surface area (Å²) in [4.78, 5) is 0. The number of halogens is 5. The molecule has 0 aliphatic heterocycles. The van der Waals surface area contributed by atoms with E-state index in [1.807, 2.05) is 0 Å². The minimum absolute atomic E-state index is 0.379. The number of hydrogen-bond acceptors (Lipinski definition) is 0. The molecule has 0 heterocycles. The van der Waals surface area contributed by atoms with Gasteiger partial charge < -0.3 is 0 Å². The van der Waals surface area contributed by atoms with Crippen molar-refractivity contribution >= 4 is 50.7 Å². The van der Waals surface area contributed by atoms with Crippen LogP contribution >= 0.6 is 50.7 Å². The average Bonchev–Trinajstić information content (AvgIpc) is 2.28. The summed E-state index contributed by atoms with van der Waals surface area (Å²) < 4.78 is 14.5. The average molecular weight is 368 g/mol. The minimum Gasteiger partial charge on any atom is -0.207 e. The molecule has 0 aromatic heterocycles. The summed E-state index contributed by atoms with van der Waals surface area (Å²) in [6, 6.07) is 9.69. The third-order valence-electron chi connectivity index (χ3n) is 2.47. The summed E-state index contributed by atoms with van der Waals surface area (Å²) in [5.41, 5.74) is 1.01. The minimum atomic E-state index is -0.650. The summed E-state index contributed by atoms with van der Waals surface area (Å²) in [6.45, 7) is 0. The van der Waals surface area contributed by atoms with E-state index < -0.39 is 5.38 Å². The van der Waals surface area contributed by atoms with Gasteiger partial charge in [-0.15, -0.1) is 11.6 Å². The summed E-state index contributed by atoms with van der Waals surface area (Å²) in [5.74, 6) is -0.379. The van der Waals surface area contributed by atoms with Crippen molar-refractivity contribution in [1.29, 1.82) is 0 Å². The Morgan fingerprint density at radius 3 is 2.28 bits per heavy atom. The van der Waals surface area contributed by atoms with Gasteiger partial charge in [-0.2, -0.15) is 0 Å². The molecule has 0 radical (unpaired) electrons. The lowest BCUT2D eigenvalue weighted by Gasteiger charge is -2.13. The van der Waals surface area contributed by atoms with E-state index >= 15 is 0 Å². The van der Waals surface area contributed by atoms with Gasteiger partial charge in [0.1, 0.15) is 5.82 Å². The van der Waals surface area contributed by atoms with E-state index in [1.165, 1.54) is 6.07 Å². The fraction of sp³-hybridized carbons (Fsp3) is 0.0769. The molecular weight excluding hydrogens is 361 g/mol. The molecule has 0 bridgehead atoms. The van der Waals surface area contributed by atoms with Crippen LogP contribution in [-0.2, 0) is 0 Å². The van der Waals surface area contributed by atoms with Gasteiger partial charge in [0.05, 0.1) is 5.38 Å². The third kappa shape index (κ3) is 3.00. The van der Waals surface area contributed by atoms with Crippen LogP contribution in [0.15, 0.2) is 40.9 Å². The van der Waals surface area contributed by atoms with Crippen LogP contribution in [-0.4, -0.2) is 0 Å². The molecule has 0 aliphatic rings. The predicted octanol–water partition coefficient (Wildman–Crippen LogP) is 6.22. The molecular formula is C13H7BrCl3F. The molecule has 1 atom stereocenters. The van der Waals surface area contributed by atoms with E-state index in [4.69, 9.17) is 34.8 Å². The lowest BCUT2D eigenvalue weighted by Crippen LogP contribution is -1.98. The highest BCUT2D eigenvalue weighted by molar-refractivity contribution is 9.10. The zero-order chi connectivity index (χ0) is 13.3. The van der Waals surface area contributed by atoms with Crippen molar-refractivity contribution in [1.82, 2.24) is 0 Å².